The number of H-pyrrole nitrogens is 1. The van der Waals surface area contributed by atoms with Crippen LogP contribution in [0.5, 0.6) is 0 Å². The van der Waals surface area contributed by atoms with Crippen molar-refractivity contribution >= 4 is 15.9 Å². The molecule has 19 heavy (non-hydrogen) atoms. The molecule has 1 aromatic heterocycles. The number of amides is 1. The van der Waals surface area contributed by atoms with E-state index in [1.165, 1.54) is 19.2 Å². The fourth-order valence-electron chi connectivity index (χ4n) is 1.80. The number of rotatable bonds is 4. The lowest BCUT2D eigenvalue weighted by molar-refractivity contribution is -0.136. The van der Waals surface area contributed by atoms with E-state index in [1.54, 1.807) is 4.90 Å². The Morgan fingerprint density at radius 2 is 2.21 bits per heavy atom. The second kappa shape index (κ2) is 5.68. The Hall–Kier alpha value is -1.45. The molecule has 9 heteroatoms. The maximum Gasteiger partial charge on any atom is 0.258 e. The number of carbonyl (C=O) groups is 1. The van der Waals surface area contributed by atoms with Crippen molar-refractivity contribution in [2.75, 3.05) is 26.3 Å². The minimum Gasteiger partial charge on any atom is -0.378 e. The SMILES string of the molecule is CC(NS(=O)(=O)c1ccn[nH]1)C(=O)N1CCOCC1. The van der Waals surface area contributed by atoms with E-state index in [0.717, 1.165) is 0 Å². The van der Waals surface area contributed by atoms with Gasteiger partial charge in [0.05, 0.1) is 25.5 Å². The summed E-state index contributed by atoms with van der Waals surface area (Å²) < 4.78 is 31.3. The van der Waals surface area contributed by atoms with Gasteiger partial charge in [-0.1, -0.05) is 0 Å². The summed E-state index contributed by atoms with van der Waals surface area (Å²) in [5.74, 6) is -0.258. The second-order valence-electron chi connectivity index (χ2n) is 4.20. The molecule has 0 aromatic carbocycles. The second-order valence-corrected chi connectivity index (χ2v) is 5.88. The van der Waals surface area contributed by atoms with Crippen LogP contribution in [0.1, 0.15) is 6.92 Å². The normalized spacial score (nSPS) is 18.3. The van der Waals surface area contributed by atoms with E-state index < -0.39 is 16.1 Å². The molecule has 1 aromatic rings. The molecule has 1 atom stereocenters. The van der Waals surface area contributed by atoms with Gasteiger partial charge in [-0.2, -0.15) is 9.82 Å². The molecule has 1 aliphatic heterocycles. The molecule has 1 aliphatic rings. The first-order chi connectivity index (χ1) is 9.00. The lowest BCUT2D eigenvalue weighted by Gasteiger charge is -2.29. The molecule has 1 fully saturated rings. The molecule has 1 unspecified atom stereocenters. The third kappa shape index (κ3) is 3.31. The van der Waals surface area contributed by atoms with Crippen LogP contribution in [0.2, 0.25) is 0 Å². The maximum absolute atomic E-state index is 12.1. The van der Waals surface area contributed by atoms with E-state index in [-0.39, 0.29) is 10.9 Å². The number of sulfonamides is 1. The standard InChI is InChI=1S/C10H16N4O4S/c1-8(10(15)14-4-6-18-7-5-14)13-19(16,17)9-2-3-11-12-9/h2-3,8,13H,4-7H2,1H3,(H,11,12). The fraction of sp³-hybridized carbons (Fsp3) is 0.600. The summed E-state index contributed by atoms with van der Waals surface area (Å²) in [6.07, 6.45) is 1.34. The Morgan fingerprint density at radius 3 is 2.79 bits per heavy atom. The summed E-state index contributed by atoms with van der Waals surface area (Å²) in [6, 6.07) is 0.500. The molecule has 0 aliphatic carbocycles. The van der Waals surface area contributed by atoms with Gasteiger partial charge in [-0.3, -0.25) is 9.89 Å². The molecule has 8 nitrogen and oxygen atoms in total. The Balaban J connectivity index is 2.00. The smallest absolute Gasteiger partial charge is 0.258 e. The molecule has 1 saturated heterocycles. The van der Waals surface area contributed by atoms with E-state index in [9.17, 15) is 13.2 Å². The number of ether oxygens (including phenoxy) is 1. The van der Waals surface area contributed by atoms with Gasteiger partial charge in [0.15, 0.2) is 5.03 Å². The highest BCUT2D eigenvalue weighted by molar-refractivity contribution is 7.89. The molecule has 2 rings (SSSR count). The number of hydrogen-bond acceptors (Lipinski definition) is 5. The van der Waals surface area contributed by atoms with Gasteiger partial charge in [0.2, 0.25) is 5.91 Å². The van der Waals surface area contributed by atoms with Gasteiger partial charge in [-0.25, -0.2) is 8.42 Å². The molecular weight excluding hydrogens is 272 g/mol. The van der Waals surface area contributed by atoms with Crippen molar-refractivity contribution in [3.63, 3.8) is 0 Å². The lowest BCUT2D eigenvalue weighted by atomic mass is 10.3. The summed E-state index contributed by atoms with van der Waals surface area (Å²) in [5, 5.41) is 5.87. The predicted molar refractivity (Wildman–Crippen MR) is 65.8 cm³/mol. The monoisotopic (exact) mass is 288 g/mol. The number of nitrogens with one attached hydrogen (secondary N) is 2. The molecule has 1 amide bonds. The van der Waals surface area contributed by atoms with Crippen molar-refractivity contribution in [3.05, 3.63) is 12.3 Å². The van der Waals surface area contributed by atoms with Gasteiger partial charge >= 0.3 is 0 Å². The third-order valence-electron chi connectivity index (χ3n) is 2.79. The van der Waals surface area contributed by atoms with Crippen molar-refractivity contribution < 1.29 is 17.9 Å². The average molecular weight is 288 g/mol. The highest BCUT2D eigenvalue weighted by atomic mass is 32.2. The zero-order chi connectivity index (χ0) is 13.9. The largest absolute Gasteiger partial charge is 0.378 e. The van der Waals surface area contributed by atoms with Crippen LogP contribution in [0.3, 0.4) is 0 Å². The van der Waals surface area contributed by atoms with Crippen LogP contribution in [0, 0.1) is 0 Å². The number of aromatic amines is 1. The van der Waals surface area contributed by atoms with E-state index in [0.29, 0.717) is 26.3 Å². The Bertz CT molecular complexity index is 522. The van der Waals surface area contributed by atoms with Crippen LogP contribution in [0.25, 0.3) is 0 Å². The fourth-order valence-corrected chi connectivity index (χ4v) is 2.90. The van der Waals surface area contributed by atoms with E-state index >= 15 is 0 Å². The molecule has 2 heterocycles. The Kier molecular flexibility index (Phi) is 4.17. The molecule has 0 radical (unpaired) electrons. The van der Waals surface area contributed by atoms with Crippen molar-refractivity contribution in [1.29, 1.82) is 0 Å². The highest BCUT2D eigenvalue weighted by Crippen LogP contribution is 2.06. The summed E-state index contributed by atoms with van der Waals surface area (Å²) in [6.45, 7) is 3.44. The van der Waals surface area contributed by atoms with Crippen LogP contribution in [-0.2, 0) is 19.6 Å². The van der Waals surface area contributed by atoms with E-state index in [2.05, 4.69) is 14.9 Å². The molecule has 0 saturated carbocycles. The molecule has 106 valence electrons. The average Bonchev–Trinajstić information content (AvgIpc) is 2.93. The summed E-state index contributed by atoms with van der Waals surface area (Å²) in [4.78, 5) is 13.6. The van der Waals surface area contributed by atoms with Crippen LogP contribution in [-0.4, -0.2) is 61.8 Å². The van der Waals surface area contributed by atoms with Gasteiger partial charge in [-0.05, 0) is 13.0 Å². The number of carbonyl (C=O) groups excluding carboxylic acids is 1. The van der Waals surface area contributed by atoms with Crippen LogP contribution in [0.15, 0.2) is 17.3 Å². The molecule has 0 spiro atoms. The van der Waals surface area contributed by atoms with Gasteiger partial charge < -0.3 is 9.64 Å². The predicted octanol–water partition coefficient (Wildman–Crippen LogP) is -1.06. The summed E-state index contributed by atoms with van der Waals surface area (Å²) >= 11 is 0. The van der Waals surface area contributed by atoms with Gasteiger partial charge in [-0.15, -0.1) is 0 Å². The first-order valence-corrected chi connectivity index (χ1v) is 7.37. The minimum atomic E-state index is -3.75. The lowest BCUT2D eigenvalue weighted by Crippen LogP contribution is -2.50. The topological polar surface area (TPSA) is 104 Å². The zero-order valence-corrected chi connectivity index (χ0v) is 11.3. The quantitative estimate of drug-likeness (QED) is 0.734. The van der Waals surface area contributed by atoms with Gasteiger partial charge in [0.1, 0.15) is 0 Å². The molecule has 0 bridgehead atoms. The van der Waals surface area contributed by atoms with Gasteiger partial charge in [0.25, 0.3) is 10.0 Å². The maximum atomic E-state index is 12.1. The first kappa shape index (κ1) is 14.0. The number of hydrogen-bond donors (Lipinski definition) is 2. The Labute approximate surface area is 111 Å². The van der Waals surface area contributed by atoms with Crippen molar-refractivity contribution in [3.8, 4) is 0 Å². The van der Waals surface area contributed by atoms with E-state index in [1.807, 2.05) is 0 Å². The number of morpholine rings is 1. The zero-order valence-electron chi connectivity index (χ0n) is 10.5. The first-order valence-electron chi connectivity index (χ1n) is 5.89. The summed E-state index contributed by atoms with van der Waals surface area (Å²) in [5.41, 5.74) is 0. The summed E-state index contributed by atoms with van der Waals surface area (Å²) in [7, 11) is -3.75. The van der Waals surface area contributed by atoms with Crippen LogP contribution in [0.4, 0.5) is 0 Å². The molecule has 2 N–H and O–H groups in total. The van der Waals surface area contributed by atoms with Crippen molar-refractivity contribution in [2.24, 2.45) is 0 Å². The number of nitrogens with zero attached hydrogens (tertiary/aromatic N) is 2. The van der Waals surface area contributed by atoms with Crippen LogP contribution >= 0.6 is 0 Å². The Morgan fingerprint density at radius 1 is 1.53 bits per heavy atom. The van der Waals surface area contributed by atoms with Gasteiger partial charge in [0, 0.05) is 13.1 Å². The number of aromatic nitrogens is 2. The highest BCUT2D eigenvalue weighted by Gasteiger charge is 2.27. The van der Waals surface area contributed by atoms with Crippen LogP contribution < -0.4 is 4.72 Å². The minimum absolute atomic E-state index is 0.0610. The van der Waals surface area contributed by atoms with E-state index in [4.69, 9.17) is 4.74 Å². The molecular formula is C10H16N4O4S. The third-order valence-corrected chi connectivity index (χ3v) is 4.26. The van der Waals surface area contributed by atoms with Crippen molar-refractivity contribution in [1.82, 2.24) is 19.8 Å². The van der Waals surface area contributed by atoms with Crippen molar-refractivity contribution in [2.45, 2.75) is 18.0 Å².